The molecule has 0 aliphatic rings. The first-order valence-corrected chi connectivity index (χ1v) is 9.97. The number of Topliss-reactive ketones (excluding diaryl/α,β-unsaturated/α-hetero) is 1. The molecule has 0 unspecified atom stereocenters. The number of halogens is 1. The summed E-state index contributed by atoms with van der Waals surface area (Å²) in [4.78, 5) is 40.6. The molecule has 0 spiro atoms. The zero-order valence-electron chi connectivity index (χ0n) is 17.1. The van der Waals surface area contributed by atoms with Gasteiger partial charge in [-0.05, 0) is 36.2 Å². The standard InChI is InChI=1S/C23H23FN4O3/c1-2-3-16-4-6-17(7-5-16)21(29)12-13-22(30)26-27-23(31)20-14-25-15-28(20)19-10-8-18(24)9-11-19/h4-11,14-15H,2-3,12-13H2,1H3,(H,26,30)(H,27,31). The molecule has 31 heavy (non-hydrogen) atoms. The highest BCUT2D eigenvalue weighted by Crippen LogP contribution is 2.12. The molecule has 8 heteroatoms. The maximum absolute atomic E-state index is 13.1. The fourth-order valence-corrected chi connectivity index (χ4v) is 3.04. The molecule has 1 heterocycles. The highest BCUT2D eigenvalue weighted by molar-refractivity contribution is 5.98. The molecule has 0 atom stereocenters. The molecule has 160 valence electrons. The van der Waals surface area contributed by atoms with Crippen LogP contribution < -0.4 is 10.9 Å². The predicted octanol–water partition coefficient (Wildman–Crippen LogP) is 3.39. The number of aryl methyl sites for hydroxylation is 1. The van der Waals surface area contributed by atoms with E-state index >= 15 is 0 Å². The first-order chi connectivity index (χ1) is 15.0. The molecule has 0 saturated heterocycles. The molecule has 0 aliphatic carbocycles. The minimum Gasteiger partial charge on any atom is -0.295 e. The summed E-state index contributed by atoms with van der Waals surface area (Å²) in [5.41, 5.74) is 7.04. The highest BCUT2D eigenvalue weighted by Gasteiger charge is 2.15. The van der Waals surface area contributed by atoms with Crippen molar-refractivity contribution in [2.45, 2.75) is 32.6 Å². The van der Waals surface area contributed by atoms with E-state index in [0.717, 1.165) is 12.8 Å². The number of benzene rings is 2. The van der Waals surface area contributed by atoms with Crippen LogP contribution in [0.3, 0.4) is 0 Å². The van der Waals surface area contributed by atoms with Gasteiger partial charge in [-0.2, -0.15) is 0 Å². The molecule has 1 aromatic heterocycles. The number of ketones is 1. The van der Waals surface area contributed by atoms with Gasteiger partial charge in [-0.15, -0.1) is 0 Å². The van der Waals surface area contributed by atoms with Crippen molar-refractivity contribution in [3.63, 3.8) is 0 Å². The van der Waals surface area contributed by atoms with E-state index in [1.807, 2.05) is 12.1 Å². The number of nitrogens with zero attached hydrogens (tertiary/aromatic N) is 2. The van der Waals surface area contributed by atoms with Gasteiger partial charge in [0.15, 0.2) is 5.78 Å². The van der Waals surface area contributed by atoms with E-state index in [1.165, 1.54) is 46.9 Å². The van der Waals surface area contributed by atoms with Gasteiger partial charge >= 0.3 is 0 Å². The van der Waals surface area contributed by atoms with E-state index < -0.39 is 17.6 Å². The SMILES string of the molecule is CCCc1ccc(C(=O)CCC(=O)NNC(=O)c2cncn2-c2ccc(F)cc2)cc1. The van der Waals surface area contributed by atoms with Crippen LogP contribution in [-0.4, -0.2) is 27.1 Å². The molecule has 3 rings (SSSR count). The van der Waals surface area contributed by atoms with Crippen LogP contribution in [0.4, 0.5) is 4.39 Å². The van der Waals surface area contributed by atoms with Gasteiger partial charge in [0.2, 0.25) is 5.91 Å². The van der Waals surface area contributed by atoms with Crippen molar-refractivity contribution in [2.24, 2.45) is 0 Å². The Morgan fingerprint density at radius 3 is 2.35 bits per heavy atom. The molecule has 0 fully saturated rings. The third kappa shape index (κ3) is 5.85. The molecule has 0 aliphatic heterocycles. The molecule has 0 radical (unpaired) electrons. The predicted molar refractivity (Wildman–Crippen MR) is 113 cm³/mol. The van der Waals surface area contributed by atoms with Crippen LogP contribution in [0.2, 0.25) is 0 Å². The summed E-state index contributed by atoms with van der Waals surface area (Å²) in [5, 5.41) is 0. The van der Waals surface area contributed by atoms with Gasteiger partial charge in [0.05, 0.1) is 12.5 Å². The van der Waals surface area contributed by atoms with Crippen LogP contribution >= 0.6 is 0 Å². The summed E-state index contributed by atoms with van der Waals surface area (Å²) >= 11 is 0. The maximum Gasteiger partial charge on any atom is 0.288 e. The smallest absolute Gasteiger partial charge is 0.288 e. The van der Waals surface area contributed by atoms with Crippen LogP contribution in [0.25, 0.3) is 5.69 Å². The van der Waals surface area contributed by atoms with Crippen LogP contribution in [0.15, 0.2) is 61.1 Å². The maximum atomic E-state index is 13.1. The van der Waals surface area contributed by atoms with Crippen LogP contribution in [0.1, 0.15) is 52.6 Å². The van der Waals surface area contributed by atoms with Crippen molar-refractivity contribution in [1.82, 2.24) is 20.4 Å². The number of hydrogen-bond donors (Lipinski definition) is 2. The van der Waals surface area contributed by atoms with Crippen molar-refractivity contribution < 1.29 is 18.8 Å². The van der Waals surface area contributed by atoms with Crippen molar-refractivity contribution in [3.05, 3.63) is 83.7 Å². The lowest BCUT2D eigenvalue weighted by Crippen LogP contribution is -2.42. The minimum atomic E-state index is -0.590. The van der Waals surface area contributed by atoms with Crippen molar-refractivity contribution in [1.29, 1.82) is 0 Å². The zero-order chi connectivity index (χ0) is 22.2. The summed E-state index contributed by atoms with van der Waals surface area (Å²) in [5.74, 6) is -1.61. The molecular formula is C23H23FN4O3. The molecule has 7 nitrogen and oxygen atoms in total. The Morgan fingerprint density at radius 1 is 0.968 bits per heavy atom. The Hall–Kier alpha value is -3.81. The first-order valence-electron chi connectivity index (χ1n) is 9.97. The number of aromatic nitrogens is 2. The second-order valence-corrected chi connectivity index (χ2v) is 7.00. The van der Waals surface area contributed by atoms with Gasteiger partial charge in [0.25, 0.3) is 5.91 Å². The first kappa shape index (κ1) is 21.9. The minimum absolute atomic E-state index is 0.0301. The third-order valence-corrected chi connectivity index (χ3v) is 4.69. The summed E-state index contributed by atoms with van der Waals surface area (Å²) in [6.45, 7) is 2.09. The Balaban J connectivity index is 1.50. The average molecular weight is 422 g/mol. The van der Waals surface area contributed by atoms with Crippen molar-refractivity contribution in [3.8, 4) is 5.69 Å². The second-order valence-electron chi connectivity index (χ2n) is 7.00. The number of nitrogens with one attached hydrogen (secondary N) is 2. The van der Waals surface area contributed by atoms with E-state index in [4.69, 9.17) is 0 Å². The Bertz CT molecular complexity index is 1060. The van der Waals surface area contributed by atoms with Gasteiger partial charge in [-0.3, -0.25) is 29.8 Å². The molecule has 2 N–H and O–H groups in total. The van der Waals surface area contributed by atoms with Gasteiger partial charge in [-0.25, -0.2) is 9.37 Å². The van der Waals surface area contributed by atoms with Crippen LogP contribution in [-0.2, 0) is 11.2 Å². The number of amides is 2. The number of hydrogen-bond acceptors (Lipinski definition) is 4. The lowest BCUT2D eigenvalue weighted by Gasteiger charge is -2.10. The number of carbonyl (C=O) groups is 3. The van der Waals surface area contributed by atoms with E-state index in [2.05, 4.69) is 22.8 Å². The number of carbonyl (C=O) groups excluding carboxylic acids is 3. The summed E-state index contributed by atoms with van der Waals surface area (Å²) in [6, 6.07) is 12.9. The van der Waals surface area contributed by atoms with E-state index in [9.17, 15) is 18.8 Å². The lowest BCUT2D eigenvalue weighted by atomic mass is 10.0. The summed E-state index contributed by atoms with van der Waals surface area (Å²) in [6.07, 6.45) is 4.70. The fraction of sp³-hybridized carbons (Fsp3) is 0.217. The quantitative estimate of drug-likeness (QED) is 0.430. The number of hydrazine groups is 1. The molecule has 3 aromatic rings. The number of imidazole rings is 1. The summed E-state index contributed by atoms with van der Waals surface area (Å²) in [7, 11) is 0. The van der Waals surface area contributed by atoms with Crippen molar-refractivity contribution in [2.75, 3.05) is 0 Å². The zero-order valence-corrected chi connectivity index (χ0v) is 17.1. The Morgan fingerprint density at radius 2 is 1.68 bits per heavy atom. The van der Waals surface area contributed by atoms with Crippen LogP contribution in [0.5, 0.6) is 0 Å². The number of rotatable bonds is 8. The van der Waals surface area contributed by atoms with E-state index in [-0.39, 0.29) is 24.3 Å². The molecule has 2 amide bonds. The largest absolute Gasteiger partial charge is 0.295 e. The van der Waals surface area contributed by atoms with E-state index in [0.29, 0.717) is 11.3 Å². The molecular weight excluding hydrogens is 399 g/mol. The topological polar surface area (TPSA) is 93.1 Å². The molecule has 0 saturated carbocycles. The highest BCUT2D eigenvalue weighted by atomic mass is 19.1. The third-order valence-electron chi connectivity index (χ3n) is 4.69. The monoisotopic (exact) mass is 422 g/mol. The fourth-order valence-electron chi connectivity index (χ4n) is 3.04. The Labute approximate surface area is 179 Å². The second kappa shape index (κ2) is 10.3. The van der Waals surface area contributed by atoms with Crippen LogP contribution in [0, 0.1) is 5.82 Å². The Kier molecular flexibility index (Phi) is 7.26. The average Bonchev–Trinajstić information content (AvgIpc) is 3.27. The van der Waals surface area contributed by atoms with Gasteiger partial charge in [0, 0.05) is 24.1 Å². The van der Waals surface area contributed by atoms with E-state index in [1.54, 1.807) is 12.1 Å². The molecule has 2 aromatic carbocycles. The van der Waals surface area contributed by atoms with Gasteiger partial charge in [-0.1, -0.05) is 37.6 Å². The van der Waals surface area contributed by atoms with Gasteiger partial charge < -0.3 is 0 Å². The normalized spacial score (nSPS) is 10.5. The van der Waals surface area contributed by atoms with Crippen molar-refractivity contribution >= 4 is 17.6 Å². The lowest BCUT2D eigenvalue weighted by molar-refractivity contribution is -0.121. The molecule has 0 bridgehead atoms. The summed E-state index contributed by atoms with van der Waals surface area (Å²) < 4.78 is 14.6. The van der Waals surface area contributed by atoms with Gasteiger partial charge in [0.1, 0.15) is 11.5 Å².